The number of fused-ring (bicyclic) bond motifs is 1. The minimum atomic E-state index is 0.646. The van der Waals surface area contributed by atoms with Gasteiger partial charge in [-0.1, -0.05) is 0 Å². The third kappa shape index (κ3) is 2.09. The maximum atomic E-state index is 5.75. The Labute approximate surface area is 105 Å². The molecule has 18 heavy (non-hydrogen) atoms. The summed E-state index contributed by atoms with van der Waals surface area (Å²) in [5.74, 6) is 1.92. The summed E-state index contributed by atoms with van der Waals surface area (Å²) in [4.78, 5) is 7.34. The normalized spacial score (nSPS) is 10.9. The highest BCUT2D eigenvalue weighted by Gasteiger charge is 1.99. The van der Waals surface area contributed by atoms with E-state index in [9.17, 15) is 0 Å². The van der Waals surface area contributed by atoms with Crippen LogP contribution in [0.4, 0.5) is 0 Å². The standard InChI is InChI=1S/C14H15N3O/c1-11-15-6-7-17(11)8-9-18-13-2-3-14-12(10-13)4-5-16-14/h2-7,10,16H,8-9H2,1H3. The van der Waals surface area contributed by atoms with Crippen molar-refractivity contribution in [2.24, 2.45) is 0 Å². The van der Waals surface area contributed by atoms with E-state index in [2.05, 4.69) is 14.5 Å². The Balaban J connectivity index is 1.64. The highest BCUT2D eigenvalue weighted by Crippen LogP contribution is 2.19. The van der Waals surface area contributed by atoms with Gasteiger partial charge in [0.25, 0.3) is 0 Å². The second kappa shape index (κ2) is 4.56. The van der Waals surface area contributed by atoms with Crippen LogP contribution in [0, 0.1) is 6.92 Å². The fourth-order valence-corrected chi connectivity index (χ4v) is 2.02. The third-order valence-corrected chi connectivity index (χ3v) is 3.05. The highest BCUT2D eigenvalue weighted by atomic mass is 16.5. The number of nitrogens with zero attached hydrogens (tertiary/aromatic N) is 2. The maximum absolute atomic E-state index is 5.75. The Hall–Kier alpha value is -2.23. The average molecular weight is 241 g/mol. The highest BCUT2D eigenvalue weighted by molar-refractivity contribution is 5.80. The monoisotopic (exact) mass is 241 g/mol. The molecule has 0 aliphatic rings. The summed E-state index contributed by atoms with van der Waals surface area (Å²) in [7, 11) is 0. The fraction of sp³-hybridized carbons (Fsp3) is 0.214. The molecule has 4 heteroatoms. The van der Waals surface area contributed by atoms with E-state index in [0.29, 0.717) is 6.61 Å². The van der Waals surface area contributed by atoms with Crippen LogP contribution >= 0.6 is 0 Å². The number of benzene rings is 1. The number of rotatable bonds is 4. The van der Waals surface area contributed by atoms with Crippen molar-refractivity contribution in [2.45, 2.75) is 13.5 Å². The molecule has 0 saturated heterocycles. The number of aryl methyl sites for hydroxylation is 1. The van der Waals surface area contributed by atoms with Gasteiger partial charge in [-0.2, -0.15) is 0 Å². The lowest BCUT2D eigenvalue weighted by Gasteiger charge is -2.08. The molecule has 0 atom stereocenters. The van der Waals surface area contributed by atoms with Gasteiger partial charge in [0.1, 0.15) is 18.2 Å². The van der Waals surface area contributed by atoms with E-state index in [1.165, 1.54) is 5.39 Å². The summed E-state index contributed by atoms with van der Waals surface area (Å²) < 4.78 is 7.83. The van der Waals surface area contributed by atoms with E-state index in [1.54, 1.807) is 6.20 Å². The SMILES string of the molecule is Cc1nccn1CCOc1ccc2[nH]ccc2c1. The minimum absolute atomic E-state index is 0.646. The zero-order chi connectivity index (χ0) is 12.4. The third-order valence-electron chi connectivity index (χ3n) is 3.05. The van der Waals surface area contributed by atoms with Gasteiger partial charge in [-0.05, 0) is 31.2 Å². The first-order valence-electron chi connectivity index (χ1n) is 6.00. The Kier molecular flexibility index (Phi) is 2.76. The summed E-state index contributed by atoms with van der Waals surface area (Å²) in [6, 6.07) is 8.11. The summed E-state index contributed by atoms with van der Waals surface area (Å²) in [6.07, 6.45) is 5.71. The number of aromatic nitrogens is 3. The molecule has 92 valence electrons. The molecule has 0 aliphatic heterocycles. The van der Waals surface area contributed by atoms with Gasteiger partial charge >= 0.3 is 0 Å². The second-order valence-electron chi connectivity index (χ2n) is 4.24. The topological polar surface area (TPSA) is 42.8 Å². The Bertz CT molecular complexity index is 654. The number of aromatic amines is 1. The summed E-state index contributed by atoms with van der Waals surface area (Å²) >= 11 is 0. The molecule has 3 rings (SSSR count). The van der Waals surface area contributed by atoms with Crippen molar-refractivity contribution in [2.75, 3.05) is 6.61 Å². The first-order chi connectivity index (χ1) is 8.83. The van der Waals surface area contributed by atoms with Crippen molar-refractivity contribution in [3.05, 3.63) is 48.7 Å². The molecule has 4 nitrogen and oxygen atoms in total. The number of H-pyrrole nitrogens is 1. The second-order valence-corrected chi connectivity index (χ2v) is 4.24. The lowest BCUT2D eigenvalue weighted by Crippen LogP contribution is -2.08. The van der Waals surface area contributed by atoms with Gasteiger partial charge in [0.2, 0.25) is 0 Å². The van der Waals surface area contributed by atoms with Crippen LogP contribution in [0.1, 0.15) is 5.82 Å². The van der Waals surface area contributed by atoms with Crippen molar-refractivity contribution in [3.63, 3.8) is 0 Å². The molecular formula is C14H15N3O. The van der Waals surface area contributed by atoms with E-state index < -0.39 is 0 Å². The van der Waals surface area contributed by atoms with Crippen LogP contribution in [0.3, 0.4) is 0 Å². The number of hydrogen-bond acceptors (Lipinski definition) is 2. The van der Waals surface area contributed by atoms with Crippen LogP contribution in [0.25, 0.3) is 10.9 Å². The molecule has 1 N–H and O–H groups in total. The van der Waals surface area contributed by atoms with Crippen molar-refractivity contribution in [1.82, 2.24) is 14.5 Å². The first kappa shape index (κ1) is 10.9. The van der Waals surface area contributed by atoms with E-state index in [4.69, 9.17) is 4.74 Å². The van der Waals surface area contributed by atoms with Crippen LogP contribution in [0.15, 0.2) is 42.9 Å². The van der Waals surface area contributed by atoms with Gasteiger partial charge in [0, 0.05) is 29.5 Å². The predicted molar refractivity (Wildman–Crippen MR) is 70.8 cm³/mol. The fourth-order valence-electron chi connectivity index (χ4n) is 2.02. The summed E-state index contributed by atoms with van der Waals surface area (Å²) in [5, 5.41) is 1.17. The van der Waals surface area contributed by atoms with Crippen LogP contribution in [0.5, 0.6) is 5.75 Å². The lowest BCUT2D eigenvalue weighted by atomic mass is 10.2. The van der Waals surface area contributed by atoms with E-state index in [0.717, 1.165) is 23.6 Å². The predicted octanol–water partition coefficient (Wildman–Crippen LogP) is 2.75. The molecule has 0 unspecified atom stereocenters. The molecule has 3 aromatic rings. The number of imidazole rings is 1. The molecule has 0 bridgehead atoms. The average Bonchev–Trinajstić information content (AvgIpc) is 2.98. The summed E-state index contributed by atoms with van der Waals surface area (Å²) in [5.41, 5.74) is 1.13. The number of hydrogen-bond donors (Lipinski definition) is 1. The smallest absolute Gasteiger partial charge is 0.120 e. The minimum Gasteiger partial charge on any atom is -0.492 e. The van der Waals surface area contributed by atoms with Gasteiger partial charge in [0.05, 0.1) is 6.54 Å². The van der Waals surface area contributed by atoms with Crippen LogP contribution in [0.2, 0.25) is 0 Å². The molecule has 2 heterocycles. The maximum Gasteiger partial charge on any atom is 0.120 e. The molecule has 0 amide bonds. The van der Waals surface area contributed by atoms with Crippen molar-refractivity contribution in [1.29, 1.82) is 0 Å². The quantitative estimate of drug-likeness (QED) is 0.763. The Morgan fingerprint density at radius 3 is 3.11 bits per heavy atom. The van der Waals surface area contributed by atoms with Gasteiger partial charge in [-0.15, -0.1) is 0 Å². The number of ether oxygens (including phenoxy) is 1. The van der Waals surface area contributed by atoms with E-state index >= 15 is 0 Å². The van der Waals surface area contributed by atoms with Crippen molar-refractivity contribution >= 4 is 10.9 Å². The largest absolute Gasteiger partial charge is 0.492 e. The van der Waals surface area contributed by atoms with E-state index in [1.807, 2.05) is 43.6 Å². The van der Waals surface area contributed by atoms with E-state index in [-0.39, 0.29) is 0 Å². The molecule has 1 aromatic carbocycles. The van der Waals surface area contributed by atoms with Crippen LogP contribution in [-0.2, 0) is 6.54 Å². The van der Waals surface area contributed by atoms with Gasteiger partial charge in [-0.25, -0.2) is 4.98 Å². The van der Waals surface area contributed by atoms with Crippen LogP contribution < -0.4 is 4.74 Å². The molecule has 0 saturated carbocycles. The first-order valence-corrected chi connectivity index (χ1v) is 6.00. The molecule has 0 spiro atoms. The Morgan fingerprint density at radius 1 is 1.33 bits per heavy atom. The lowest BCUT2D eigenvalue weighted by molar-refractivity contribution is 0.297. The van der Waals surface area contributed by atoms with Crippen molar-refractivity contribution < 1.29 is 4.74 Å². The molecule has 2 aromatic heterocycles. The molecule has 0 fully saturated rings. The van der Waals surface area contributed by atoms with Gasteiger partial charge < -0.3 is 14.3 Å². The molecular weight excluding hydrogens is 226 g/mol. The van der Waals surface area contributed by atoms with Crippen LogP contribution in [-0.4, -0.2) is 21.1 Å². The molecule has 0 aliphatic carbocycles. The zero-order valence-corrected chi connectivity index (χ0v) is 10.3. The van der Waals surface area contributed by atoms with Gasteiger partial charge in [-0.3, -0.25) is 0 Å². The van der Waals surface area contributed by atoms with Crippen molar-refractivity contribution in [3.8, 4) is 5.75 Å². The Morgan fingerprint density at radius 2 is 2.28 bits per heavy atom. The van der Waals surface area contributed by atoms with Gasteiger partial charge in [0.15, 0.2) is 0 Å². The zero-order valence-electron chi connectivity index (χ0n) is 10.3. The number of nitrogens with one attached hydrogen (secondary N) is 1. The molecule has 0 radical (unpaired) electrons. The summed E-state index contributed by atoms with van der Waals surface area (Å²) in [6.45, 7) is 3.45.